The maximum atomic E-state index is 14.3. The van der Waals surface area contributed by atoms with Gasteiger partial charge in [0.05, 0.1) is 18.0 Å². The number of rotatable bonds is 6. The van der Waals surface area contributed by atoms with Gasteiger partial charge in [0.1, 0.15) is 0 Å². The Balaban J connectivity index is 1.54. The molecule has 38 heavy (non-hydrogen) atoms. The van der Waals surface area contributed by atoms with Crippen molar-refractivity contribution in [2.24, 2.45) is 0 Å². The molecule has 0 bridgehead atoms. The highest BCUT2D eigenvalue weighted by atomic mass is 32.2. The molecule has 196 valence electrons. The van der Waals surface area contributed by atoms with Crippen molar-refractivity contribution in [3.63, 3.8) is 0 Å². The molecule has 0 spiro atoms. The number of fused-ring (bicyclic) bond motifs is 5. The number of amides is 1. The largest absolute Gasteiger partial charge is 0.342 e. The lowest BCUT2D eigenvalue weighted by molar-refractivity contribution is -0.129. The highest BCUT2D eigenvalue weighted by Gasteiger charge is 2.39. The Morgan fingerprint density at radius 2 is 1.74 bits per heavy atom. The average Bonchev–Trinajstić information content (AvgIpc) is 3.38. The minimum absolute atomic E-state index is 0.0106. The summed E-state index contributed by atoms with van der Waals surface area (Å²) in [6.07, 6.45) is 4.95. The molecule has 0 N–H and O–H groups in total. The quantitative estimate of drug-likeness (QED) is 0.332. The zero-order valence-corrected chi connectivity index (χ0v) is 22.8. The van der Waals surface area contributed by atoms with Crippen molar-refractivity contribution in [2.75, 3.05) is 18.8 Å². The standard InChI is InChI=1S/C30H33N5O2S/c1-3-30(2)18-22-14-8-9-15-23(22)26-25(30)27(37)34(19-21-12-6-4-7-13-21)28-31-32-29(35(26)28)38-20-24(36)33-16-10-5-11-17-33/h4,6-9,12-15H,3,5,10-11,16-20H2,1-2H3. The van der Waals surface area contributed by atoms with E-state index in [9.17, 15) is 9.59 Å². The highest BCUT2D eigenvalue weighted by molar-refractivity contribution is 7.99. The summed E-state index contributed by atoms with van der Waals surface area (Å²) in [5.41, 5.74) is 4.64. The molecule has 1 aliphatic carbocycles. The highest BCUT2D eigenvalue weighted by Crippen LogP contribution is 2.44. The van der Waals surface area contributed by atoms with Gasteiger partial charge in [-0.1, -0.05) is 80.2 Å². The van der Waals surface area contributed by atoms with Crippen LogP contribution in [0.1, 0.15) is 56.2 Å². The van der Waals surface area contributed by atoms with E-state index in [4.69, 9.17) is 0 Å². The maximum Gasteiger partial charge on any atom is 0.259 e. The van der Waals surface area contributed by atoms with Crippen molar-refractivity contribution in [3.8, 4) is 11.3 Å². The maximum absolute atomic E-state index is 14.3. The molecule has 8 heteroatoms. The lowest BCUT2D eigenvalue weighted by Crippen LogP contribution is -2.40. The number of thioether (sulfide) groups is 1. The summed E-state index contributed by atoms with van der Waals surface area (Å²) in [6.45, 7) is 6.41. The molecule has 1 unspecified atom stereocenters. The second-order valence-electron chi connectivity index (χ2n) is 10.7. The first-order valence-electron chi connectivity index (χ1n) is 13.6. The molecule has 7 nitrogen and oxygen atoms in total. The van der Waals surface area contributed by atoms with E-state index in [0.717, 1.165) is 61.2 Å². The van der Waals surface area contributed by atoms with Gasteiger partial charge in [-0.15, -0.1) is 10.2 Å². The first-order valence-corrected chi connectivity index (χ1v) is 14.5. The topological polar surface area (TPSA) is 72.5 Å². The summed E-state index contributed by atoms with van der Waals surface area (Å²) in [7, 11) is 0. The number of carbonyl (C=O) groups excluding carboxylic acids is 1. The molecular weight excluding hydrogens is 494 g/mol. The predicted octanol–water partition coefficient (Wildman–Crippen LogP) is 4.93. The molecule has 0 radical (unpaired) electrons. The molecule has 0 saturated carbocycles. The Labute approximate surface area is 226 Å². The molecule has 2 aliphatic rings. The van der Waals surface area contributed by atoms with Crippen molar-refractivity contribution in [1.82, 2.24) is 24.1 Å². The van der Waals surface area contributed by atoms with Gasteiger partial charge in [-0.3, -0.25) is 18.6 Å². The summed E-state index contributed by atoms with van der Waals surface area (Å²) in [6, 6.07) is 18.3. The summed E-state index contributed by atoms with van der Waals surface area (Å²) >= 11 is 1.42. The van der Waals surface area contributed by atoms with Crippen molar-refractivity contribution < 1.29 is 4.79 Å². The molecule has 2 aromatic carbocycles. The van der Waals surface area contributed by atoms with Crippen molar-refractivity contribution >= 4 is 23.4 Å². The second kappa shape index (κ2) is 10.1. The lowest BCUT2D eigenvalue weighted by atomic mass is 9.69. The summed E-state index contributed by atoms with van der Waals surface area (Å²) in [4.78, 5) is 29.3. The smallest absolute Gasteiger partial charge is 0.259 e. The van der Waals surface area contributed by atoms with Crippen molar-refractivity contribution in [3.05, 3.63) is 81.6 Å². The molecule has 1 amide bonds. The first kappa shape index (κ1) is 24.9. The van der Waals surface area contributed by atoms with Gasteiger partial charge in [0, 0.05) is 29.6 Å². The van der Waals surface area contributed by atoms with Crippen LogP contribution in [0.15, 0.2) is 64.5 Å². The minimum atomic E-state index is -0.330. The minimum Gasteiger partial charge on any atom is -0.342 e. The van der Waals surface area contributed by atoms with Crippen LogP contribution in [0, 0.1) is 0 Å². The Morgan fingerprint density at radius 1 is 1.00 bits per heavy atom. The van der Waals surface area contributed by atoms with Crippen LogP contribution >= 0.6 is 11.8 Å². The number of likely N-dealkylation sites (tertiary alicyclic amines) is 1. The second-order valence-corrected chi connectivity index (χ2v) is 11.6. The summed E-state index contributed by atoms with van der Waals surface area (Å²) < 4.78 is 3.80. The van der Waals surface area contributed by atoms with Gasteiger partial charge in [-0.05, 0) is 43.2 Å². The van der Waals surface area contributed by atoms with E-state index in [2.05, 4.69) is 42.2 Å². The Bertz CT molecular complexity index is 1550. The van der Waals surface area contributed by atoms with E-state index in [1.165, 1.54) is 23.7 Å². The van der Waals surface area contributed by atoms with E-state index >= 15 is 0 Å². The van der Waals surface area contributed by atoms with Gasteiger partial charge < -0.3 is 4.90 Å². The predicted molar refractivity (Wildman–Crippen MR) is 151 cm³/mol. The van der Waals surface area contributed by atoms with Crippen LogP contribution in [0.25, 0.3) is 17.0 Å². The third kappa shape index (κ3) is 4.25. The van der Waals surface area contributed by atoms with Crippen LogP contribution in [0.3, 0.4) is 0 Å². The van der Waals surface area contributed by atoms with E-state index in [-0.39, 0.29) is 16.9 Å². The molecule has 1 saturated heterocycles. The van der Waals surface area contributed by atoms with E-state index < -0.39 is 0 Å². The first-order chi connectivity index (χ1) is 18.5. The zero-order valence-electron chi connectivity index (χ0n) is 22.0. The van der Waals surface area contributed by atoms with Gasteiger partial charge in [0.25, 0.3) is 5.56 Å². The normalized spacial score (nSPS) is 18.8. The lowest BCUT2D eigenvalue weighted by Gasteiger charge is -2.36. The number of benzene rings is 2. The van der Waals surface area contributed by atoms with Crippen LogP contribution < -0.4 is 5.56 Å². The fourth-order valence-corrected chi connectivity index (χ4v) is 6.79. The van der Waals surface area contributed by atoms with Gasteiger partial charge in [0.15, 0.2) is 5.16 Å². The number of hydrogen-bond donors (Lipinski definition) is 0. The zero-order chi connectivity index (χ0) is 26.3. The van der Waals surface area contributed by atoms with E-state index in [0.29, 0.717) is 23.2 Å². The molecule has 2 aromatic heterocycles. The third-order valence-corrected chi connectivity index (χ3v) is 9.14. The number of piperidine rings is 1. The number of nitrogens with zero attached hydrogens (tertiary/aromatic N) is 5. The van der Waals surface area contributed by atoms with Crippen LogP contribution in [-0.4, -0.2) is 48.8 Å². The van der Waals surface area contributed by atoms with Gasteiger partial charge in [0.2, 0.25) is 11.7 Å². The average molecular weight is 528 g/mol. The SMILES string of the molecule is CCC1(C)Cc2ccccc2-c2c1c(=O)n(Cc1ccccc1)c1nnc(SCC(=O)N3CCCCC3)n21. The van der Waals surface area contributed by atoms with Crippen LogP contribution in [-0.2, 0) is 23.2 Å². The Morgan fingerprint density at radius 3 is 2.50 bits per heavy atom. The molecule has 1 aliphatic heterocycles. The van der Waals surface area contributed by atoms with Crippen molar-refractivity contribution in [2.45, 2.75) is 63.1 Å². The summed E-state index contributed by atoms with van der Waals surface area (Å²) in [5.74, 6) is 0.956. The fourth-order valence-electron chi connectivity index (χ4n) is 5.95. The molecule has 1 atom stereocenters. The van der Waals surface area contributed by atoms with E-state index in [1.54, 1.807) is 4.57 Å². The number of aromatic nitrogens is 4. The Kier molecular flexibility index (Phi) is 6.60. The molecule has 1 fully saturated rings. The van der Waals surface area contributed by atoms with Gasteiger partial charge in [-0.2, -0.15) is 0 Å². The summed E-state index contributed by atoms with van der Waals surface area (Å²) in [5, 5.41) is 9.76. The molecule has 6 rings (SSSR count). The van der Waals surface area contributed by atoms with Gasteiger partial charge in [-0.25, -0.2) is 0 Å². The van der Waals surface area contributed by atoms with Crippen LogP contribution in [0.5, 0.6) is 0 Å². The van der Waals surface area contributed by atoms with Crippen molar-refractivity contribution in [1.29, 1.82) is 0 Å². The van der Waals surface area contributed by atoms with Crippen LogP contribution in [0.2, 0.25) is 0 Å². The number of carbonyl (C=O) groups is 1. The molecule has 3 heterocycles. The molecular formula is C30H33N5O2S. The fraction of sp³-hybridized carbons (Fsp3) is 0.400. The van der Waals surface area contributed by atoms with Crippen LogP contribution in [0.4, 0.5) is 0 Å². The molecule has 4 aromatic rings. The van der Waals surface area contributed by atoms with Gasteiger partial charge >= 0.3 is 0 Å². The third-order valence-electron chi connectivity index (χ3n) is 8.23. The Hall–Kier alpha value is -3.39. The van der Waals surface area contributed by atoms with E-state index in [1.807, 2.05) is 45.7 Å². The monoisotopic (exact) mass is 527 g/mol. The number of hydrogen-bond acceptors (Lipinski definition) is 5.